The molecule has 1 aliphatic rings. The second kappa shape index (κ2) is 8.01. The van der Waals surface area contributed by atoms with E-state index in [1.807, 2.05) is 0 Å². The zero-order chi connectivity index (χ0) is 22.2. The Morgan fingerprint density at radius 1 is 1.32 bits per heavy atom. The molecule has 1 aromatic carbocycles. The number of rotatable bonds is 5. The first-order valence-electron chi connectivity index (χ1n) is 9.70. The molecule has 0 saturated carbocycles. The number of nitrogens with one attached hydrogen (secondary N) is 1. The van der Waals surface area contributed by atoms with Gasteiger partial charge in [0.2, 0.25) is 5.91 Å². The Bertz CT molecular complexity index is 1140. The zero-order valence-electron chi connectivity index (χ0n) is 16.6. The van der Waals surface area contributed by atoms with E-state index < -0.39 is 23.7 Å². The van der Waals surface area contributed by atoms with Gasteiger partial charge < -0.3 is 14.7 Å². The van der Waals surface area contributed by atoms with Gasteiger partial charge in [0.1, 0.15) is 0 Å². The van der Waals surface area contributed by atoms with Crippen LogP contribution in [0.3, 0.4) is 0 Å². The molecule has 2 amide bonds. The lowest BCUT2D eigenvalue weighted by Crippen LogP contribution is -2.38. The van der Waals surface area contributed by atoms with E-state index in [1.54, 1.807) is 17.9 Å². The maximum absolute atomic E-state index is 13.2. The number of amides is 2. The van der Waals surface area contributed by atoms with E-state index >= 15 is 0 Å². The van der Waals surface area contributed by atoms with E-state index in [4.69, 9.17) is 4.52 Å². The van der Waals surface area contributed by atoms with Crippen LogP contribution in [0.1, 0.15) is 46.1 Å². The maximum Gasteiger partial charge on any atom is 0.416 e. The highest BCUT2D eigenvalue weighted by Gasteiger charge is 2.32. The van der Waals surface area contributed by atoms with Gasteiger partial charge in [0.25, 0.3) is 11.6 Å². The van der Waals surface area contributed by atoms with Gasteiger partial charge in [-0.05, 0) is 37.1 Å². The molecule has 1 fully saturated rings. The molecule has 4 rings (SSSR count). The van der Waals surface area contributed by atoms with E-state index in [1.165, 1.54) is 18.3 Å². The van der Waals surface area contributed by atoms with Crippen LogP contribution in [-0.4, -0.2) is 39.9 Å². The van der Waals surface area contributed by atoms with Gasteiger partial charge in [-0.25, -0.2) is 4.98 Å². The van der Waals surface area contributed by atoms with Crippen LogP contribution < -0.4 is 5.32 Å². The summed E-state index contributed by atoms with van der Waals surface area (Å²) in [6.07, 6.45) is -2.15. The van der Waals surface area contributed by atoms with Crippen molar-refractivity contribution in [1.29, 1.82) is 0 Å². The fraction of sp³-hybridized carbons (Fsp3) is 0.333. The van der Waals surface area contributed by atoms with Crippen molar-refractivity contribution in [2.75, 3.05) is 13.1 Å². The Hall–Kier alpha value is -3.43. The van der Waals surface area contributed by atoms with Gasteiger partial charge in [0.15, 0.2) is 0 Å². The molecule has 0 radical (unpaired) electrons. The second-order valence-corrected chi connectivity index (χ2v) is 7.44. The van der Waals surface area contributed by atoms with Crippen LogP contribution in [0.25, 0.3) is 11.1 Å². The molecule has 1 aliphatic heterocycles. The Kier molecular flexibility index (Phi) is 5.38. The van der Waals surface area contributed by atoms with E-state index in [-0.39, 0.29) is 29.3 Å². The minimum atomic E-state index is -4.52. The molecule has 1 N–H and O–H groups in total. The first kappa shape index (κ1) is 20.8. The molecular weight excluding hydrogens is 413 g/mol. The minimum absolute atomic E-state index is 0.0772. The number of alkyl halides is 3. The number of likely N-dealkylation sites (tertiary alicyclic amines) is 1. The van der Waals surface area contributed by atoms with Gasteiger partial charge in [-0.2, -0.15) is 13.2 Å². The fourth-order valence-electron chi connectivity index (χ4n) is 3.59. The average molecular weight is 432 g/mol. The number of hydrogen-bond acceptors (Lipinski definition) is 5. The monoisotopic (exact) mass is 432 g/mol. The summed E-state index contributed by atoms with van der Waals surface area (Å²) in [6, 6.07) is 5.50. The molecular formula is C21H19F3N4O3. The molecule has 1 atom stereocenters. The summed E-state index contributed by atoms with van der Waals surface area (Å²) < 4.78 is 44.7. The van der Waals surface area contributed by atoms with Crippen LogP contribution in [0, 0.1) is 6.92 Å². The van der Waals surface area contributed by atoms with Crippen molar-refractivity contribution in [2.24, 2.45) is 0 Å². The first-order chi connectivity index (χ1) is 14.7. The number of benzene rings is 1. The van der Waals surface area contributed by atoms with Gasteiger partial charge in [0, 0.05) is 25.7 Å². The van der Waals surface area contributed by atoms with Gasteiger partial charge in [-0.1, -0.05) is 17.3 Å². The summed E-state index contributed by atoms with van der Waals surface area (Å²) in [7, 11) is 0. The molecule has 10 heteroatoms. The molecule has 1 unspecified atom stereocenters. The normalized spacial score (nSPS) is 15.5. The predicted molar refractivity (Wildman–Crippen MR) is 104 cm³/mol. The molecule has 3 aromatic rings. The molecule has 0 bridgehead atoms. The maximum atomic E-state index is 13.2. The van der Waals surface area contributed by atoms with E-state index in [2.05, 4.69) is 15.5 Å². The molecule has 31 heavy (non-hydrogen) atoms. The van der Waals surface area contributed by atoms with Gasteiger partial charge in [0.05, 0.1) is 28.2 Å². The van der Waals surface area contributed by atoms with Crippen LogP contribution in [0.15, 0.2) is 41.1 Å². The number of hydrogen-bond donors (Lipinski definition) is 1. The van der Waals surface area contributed by atoms with Gasteiger partial charge in [-0.3, -0.25) is 9.59 Å². The number of carbonyl (C=O) groups is 2. The Balaban J connectivity index is 1.64. The fourth-order valence-corrected chi connectivity index (χ4v) is 3.59. The highest BCUT2D eigenvalue weighted by molar-refractivity contribution is 5.97. The number of pyridine rings is 1. The molecule has 7 nitrogen and oxygen atoms in total. The lowest BCUT2D eigenvalue weighted by Gasteiger charge is -2.26. The van der Waals surface area contributed by atoms with Crippen molar-refractivity contribution in [3.05, 3.63) is 58.9 Å². The third kappa shape index (κ3) is 4.37. The van der Waals surface area contributed by atoms with Crippen molar-refractivity contribution in [2.45, 2.75) is 32.0 Å². The quantitative estimate of drug-likeness (QED) is 0.665. The van der Waals surface area contributed by atoms with Crippen LogP contribution in [0.4, 0.5) is 13.2 Å². The standard InChI is InChI=1S/C21H19F3N4O3/c1-12-16-9-14(10-25-20(16)31-27-12)19(30)26-17(11-28-7-3-6-18(28)29)13-4-2-5-15(8-13)21(22,23)24/h2,4-5,8-10,17H,3,6-7,11H2,1H3,(H,26,30). The average Bonchev–Trinajstić information content (AvgIpc) is 3.32. The molecule has 3 heterocycles. The predicted octanol–water partition coefficient (Wildman–Crippen LogP) is 3.64. The zero-order valence-corrected chi connectivity index (χ0v) is 16.6. The molecule has 0 aliphatic carbocycles. The minimum Gasteiger partial charge on any atom is -0.343 e. The number of halogens is 3. The summed E-state index contributed by atoms with van der Waals surface area (Å²) in [5.74, 6) is -0.613. The first-order valence-corrected chi connectivity index (χ1v) is 9.70. The SMILES string of the molecule is Cc1noc2ncc(C(=O)NC(CN3CCCC3=O)c3cccc(C(F)(F)F)c3)cc12. The second-order valence-electron chi connectivity index (χ2n) is 7.44. The number of nitrogens with zero attached hydrogens (tertiary/aromatic N) is 3. The van der Waals surface area contributed by atoms with Crippen molar-refractivity contribution in [1.82, 2.24) is 20.4 Å². The lowest BCUT2D eigenvalue weighted by molar-refractivity contribution is -0.137. The lowest BCUT2D eigenvalue weighted by atomic mass is 10.0. The van der Waals surface area contributed by atoms with Crippen LogP contribution in [0.5, 0.6) is 0 Å². The topological polar surface area (TPSA) is 88.3 Å². The van der Waals surface area contributed by atoms with Crippen molar-refractivity contribution in [3.8, 4) is 0 Å². The smallest absolute Gasteiger partial charge is 0.343 e. The molecule has 1 saturated heterocycles. The number of aryl methyl sites for hydroxylation is 1. The third-order valence-electron chi connectivity index (χ3n) is 5.27. The Morgan fingerprint density at radius 2 is 2.13 bits per heavy atom. The summed E-state index contributed by atoms with van der Waals surface area (Å²) in [5.41, 5.74) is 0.502. The van der Waals surface area contributed by atoms with Gasteiger partial charge in [-0.15, -0.1) is 0 Å². The highest BCUT2D eigenvalue weighted by atomic mass is 19.4. The highest BCUT2D eigenvalue weighted by Crippen LogP contribution is 2.31. The summed E-state index contributed by atoms with van der Waals surface area (Å²) in [4.78, 5) is 30.6. The van der Waals surface area contributed by atoms with Crippen LogP contribution >= 0.6 is 0 Å². The van der Waals surface area contributed by atoms with Crippen LogP contribution in [0.2, 0.25) is 0 Å². The number of aromatic nitrogens is 2. The van der Waals surface area contributed by atoms with Crippen molar-refractivity contribution in [3.63, 3.8) is 0 Å². The van der Waals surface area contributed by atoms with E-state index in [0.29, 0.717) is 30.5 Å². The Morgan fingerprint density at radius 3 is 2.84 bits per heavy atom. The molecule has 0 spiro atoms. The largest absolute Gasteiger partial charge is 0.416 e. The van der Waals surface area contributed by atoms with Gasteiger partial charge >= 0.3 is 6.18 Å². The van der Waals surface area contributed by atoms with Crippen molar-refractivity contribution < 1.29 is 27.3 Å². The third-order valence-corrected chi connectivity index (χ3v) is 5.27. The summed E-state index contributed by atoms with van der Waals surface area (Å²) >= 11 is 0. The Labute approximate surface area is 175 Å². The van der Waals surface area contributed by atoms with Crippen LogP contribution in [-0.2, 0) is 11.0 Å². The summed E-state index contributed by atoms with van der Waals surface area (Å²) in [6.45, 7) is 2.28. The summed E-state index contributed by atoms with van der Waals surface area (Å²) in [5, 5.41) is 7.12. The number of carbonyl (C=O) groups excluding carboxylic acids is 2. The van der Waals surface area contributed by atoms with E-state index in [0.717, 1.165) is 12.1 Å². The van der Waals surface area contributed by atoms with Crippen molar-refractivity contribution >= 4 is 22.9 Å². The molecule has 2 aromatic heterocycles. The number of fused-ring (bicyclic) bond motifs is 1. The van der Waals surface area contributed by atoms with E-state index in [9.17, 15) is 22.8 Å². The molecule has 162 valence electrons.